The van der Waals surface area contributed by atoms with E-state index in [4.69, 9.17) is 5.26 Å². The highest BCUT2D eigenvalue weighted by molar-refractivity contribution is 5.81. The van der Waals surface area contributed by atoms with Crippen LogP contribution in [0.4, 0.5) is 0 Å². The minimum atomic E-state index is 0.609. The maximum Gasteiger partial charge on any atom is 0.107 e. The van der Waals surface area contributed by atoms with Gasteiger partial charge in [0.2, 0.25) is 0 Å². The molecule has 0 aliphatic heterocycles. The van der Waals surface area contributed by atoms with Crippen molar-refractivity contribution >= 4 is 11.0 Å². The van der Waals surface area contributed by atoms with E-state index in [1.807, 2.05) is 30.3 Å². The molecule has 0 atom stereocenters. The molecule has 0 aliphatic carbocycles. The topological polar surface area (TPSA) is 65.4 Å². The lowest BCUT2D eigenvalue weighted by molar-refractivity contribution is 0.861. The quantitative estimate of drug-likeness (QED) is 0.774. The van der Waals surface area contributed by atoms with Gasteiger partial charge >= 0.3 is 0 Å². The monoisotopic (exact) mass is 248 g/mol. The number of pyridine rings is 1. The molecule has 0 saturated carbocycles. The number of fused-ring (bicyclic) bond motifs is 1. The number of benzene rings is 1. The van der Waals surface area contributed by atoms with Crippen LogP contribution < -0.4 is 0 Å². The number of aromatic amines is 1. The Bertz CT molecular complexity index is 738. The Kier molecular flexibility index (Phi) is 2.95. The molecule has 0 amide bonds. The van der Waals surface area contributed by atoms with Crippen molar-refractivity contribution in [3.63, 3.8) is 0 Å². The Hall–Kier alpha value is -2.67. The van der Waals surface area contributed by atoms with Crippen molar-refractivity contribution in [2.24, 2.45) is 0 Å². The molecule has 0 spiro atoms. The Morgan fingerprint density at radius 2 is 2.05 bits per heavy atom. The summed E-state index contributed by atoms with van der Waals surface area (Å²) in [7, 11) is 0. The lowest BCUT2D eigenvalue weighted by Gasteiger charge is -1.96. The third-order valence-corrected chi connectivity index (χ3v) is 3.03. The maximum atomic E-state index is 9.04. The molecule has 0 aliphatic rings. The maximum absolute atomic E-state index is 9.04. The van der Waals surface area contributed by atoms with Crippen LogP contribution in [0, 0.1) is 11.3 Å². The first-order chi connectivity index (χ1) is 9.36. The van der Waals surface area contributed by atoms with Gasteiger partial charge in [0.15, 0.2) is 0 Å². The first kappa shape index (κ1) is 11.4. The zero-order valence-corrected chi connectivity index (χ0v) is 10.3. The summed E-state index contributed by atoms with van der Waals surface area (Å²) in [6.07, 6.45) is 3.42. The Morgan fingerprint density at radius 3 is 2.84 bits per heavy atom. The highest BCUT2D eigenvalue weighted by Crippen LogP contribution is 2.16. The molecule has 0 saturated heterocycles. The van der Waals surface area contributed by atoms with Gasteiger partial charge in [0.25, 0.3) is 0 Å². The Labute approximate surface area is 110 Å². The van der Waals surface area contributed by atoms with Crippen LogP contribution in [0.25, 0.3) is 11.0 Å². The van der Waals surface area contributed by atoms with E-state index in [1.165, 1.54) is 0 Å². The molecular formula is C15H12N4. The molecule has 1 N–H and O–H groups in total. The van der Waals surface area contributed by atoms with Gasteiger partial charge in [0.1, 0.15) is 17.4 Å². The summed E-state index contributed by atoms with van der Waals surface area (Å²) in [5, 5.41) is 9.04. The van der Waals surface area contributed by atoms with Gasteiger partial charge in [0.05, 0.1) is 11.1 Å². The van der Waals surface area contributed by atoms with E-state index in [0.29, 0.717) is 5.56 Å². The molecule has 2 aromatic heterocycles. The van der Waals surface area contributed by atoms with Crippen LogP contribution in [-0.4, -0.2) is 15.0 Å². The number of hydrogen-bond donors (Lipinski definition) is 1. The highest BCUT2D eigenvalue weighted by atomic mass is 14.9. The van der Waals surface area contributed by atoms with Crippen LogP contribution in [0.5, 0.6) is 0 Å². The SMILES string of the molecule is N#Cc1cccc2[nH]c(CCc3ccccn3)nc12. The third-order valence-electron chi connectivity index (χ3n) is 3.03. The van der Waals surface area contributed by atoms with E-state index in [-0.39, 0.29) is 0 Å². The number of aryl methyl sites for hydroxylation is 2. The molecule has 1 aromatic carbocycles. The number of aromatic nitrogens is 3. The summed E-state index contributed by atoms with van der Waals surface area (Å²) in [6.45, 7) is 0. The fraction of sp³-hybridized carbons (Fsp3) is 0.133. The molecule has 0 radical (unpaired) electrons. The van der Waals surface area contributed by atoms with Gasteiger partial charge in [-0.05, 0) is 30.7 Å². The number of nitrogens with one attached hydrogen (secondary N) is 1. The summed E-state index contributed by atoms with van der Waals surface area (Å²) < 4.78 is 0. The van der Waals surface area contributed by atoms with Crippen molar-refractivity contribution in [2.75, 3.05) is 0 Å². The summed E-state index contributed by atoms with van der Waals surface area (Å²) in [5.74, 6) is 0.892. The van der Waals surface area contributed by atoms with Crippen LogP contribution in [0.3, 0.4) is 0 Å². The normalized spacial score (nSPS) is 10.5. The second kappa shape index (κ2) is 4.91. The molecule has 0 unspecified atom stereocenters. The number of H-pyrrole nitrogens is 1. The number of para-hydroxylation sites is 1. The van der Waals surface area contributed by atoms with Crippen molar-refractivity contribution < 1.29 is 0 Å². The van der Waals surface area contributed by atoms with E-state index in [2.05, 4.69) is 21.0 Å². The largest absolute Gasteiger partial charge is 0.342 e. The number of rotatable bonds is 3. The van der Waals surface area contributed by atoms with Crippen molar-refractivity contribution in [2.45, 2.75) is 12.8 Å². The first-order valence-corrected chi connectivity index (χ1v) is 6.14. The predicted molar refractivity (Wildman–Crippen MR) is 72.5 cm³/mol. The lowest BCUT2D eigenvalue weighted by atomic mass is 10.2. The minimum Gasteiger partial charge on any atom is -0.342 e. The molecule has 0 fully saturated rings. The fourth-order valence-corrected chi connectivity index (χ4v) is 2.08. The Morgan fingerprint density at radius 1 is 1.11 bits per heavy atom. The molecule has 0 bridgehead atoms. The molecule has 92 valence electrons. The third kappa shape index (κ3) is 2.31. The van der Waals surface area contributed by atoms with Crippen molar-refractivity contribution in [1.29, 1.82) is 5.26 Å². The molecule has 3 aromatic rings. The Balaban J connectivity index is 1.85. The van der Waals surface area contributed by atoms with E-state index < -0.39 is 0 Å². The smallest absolute Gasteiger partial charge is 0.107 e. The summed E-state index contributed by atoms with van der Waals surface area (Å²) in [4.78, 5) is 12.0. The molecule has 4 heteroatoms. The van der Waals surface area contributed by atoms with Crippen LogP contribution in [0.1, 0.15) is 17.1 Å². The zero-order chi connectivity index (χ0) is 13.1. The fourth-order valence-electron chi connectivity index (χ4n) is 2.08. The van der Waals surface area contributed by atoms with Crippen LogP contribution in [0.15, 0.2) is 42.6 Å². The molecular weight excluding hydrogens is 236 g/mol. The van der Waals surface area contributed by atoms with E-state index in [1.54, 1.807) is 12.3 Å². The first-order valence-electron chi connectivity index (χ1n) is 6.14. The van der Waals surface area contributed by atoms with Gasteiger partial charge in [0, 0.05) is 18.3 Å². The second-order valence-electron chi connectivity index (χ2n) is 4.32. The van der Waals surface area contributed by atoms with Crippen LogP contribution >= 0.6 is 0 Å². The molecule has 3 rings (SSSR count). The summed E-state index contributed by atoms with van der Waals surface area (Å²) >= 11 is 0. The second-order valence-corrected chi connectivity index (χ2v) is 4.32. The van der Waals surface area contributed by atoms with Crippen molar-refractivity contribution in [3.05, 3.63) is 59.7 Å². The summed E-state index contributed by atoms with van der Waals surface area (Å²) in [6, 6.07) is 13.6. The van der Waals surface area contributed by atoms with Gasteiger partial charge in [-0.2, -0.15) is 5.26 Å². The number of imidazole rings is 1. The number of nitriles is 1. The highest BCUT2D eigenvalue weighted by Gasteiger charge is 2.07. The lowest BCUT2D eigenvalue weighted by Crippen LogP contribution is -1.95. The van der Waals surface area contributed by atoms with Gasteiger partial charge < -0.3 is 4.98 Å². The molecule has 19 heavy (non-hydrogen) atoms. The van der Waals surface area contributed by atoms with Gasteiger partial charge in [-0.15, -0.1) is 0 Å². The van der Waals surface area contributed by atoms with Gasteiger partial charge in [-0.1, -0.05) is 12.1 Å². The molecule has 2 heterocycles. The van der Waals surface area contributed by atoms with E-state index in [0.717, 1.165) is 35.4 Å². The summed E-state index contributed by atoms with van der Waals surface area (Å²) in [5.41, 5.74) is 3.32. The van der Waals surface area contributed by atoms with Gasteiger partial charge in [-0.3, -0.25) is 4.98 Å². The number of nitrogens with zero attached hydrogens (tertiary/aromatic N) is 3. The van der Waals surface area contributed by atoms with Crippen LogP contribution in [-0.2, 0) is 12.8 Å². The number of hydrogen-bond acceptors (Lipinski definition) is 3. The zero-order valence-electron chi connectivity index (χ0n) is 10.3. The van der Waals surface area contributed by atoms with Crippen molar-refractivity contribution in [1.82, 2.24) is 15.0 Å². The standard InChI is InChI=1S/C15H12N4/c16-10-11-4-3-6-13-15(11)19-14(18-13)8-7-12-5-1-2-9-17-12/h1-6,9H,7-8H2,(H,18,19). The van der Waals surface area contributed by atoms with Gasteiger partial charge in [-0.25, -0.2) is 4.98 Å². The average Bonchev–Trinajstić information content (AvgIpc) is 2.89. The molecule has 4 nitrogen and oxygen atoms in total. The minimum absolute atomic E-state index is 0.609. The van der Waals surface area contributed by atoms with Crippen molar-refractivity contribution in [3.8, 4) is 6.07 Å². The van der Waals surface area contributed by atoms with Crippen LogP contribution in [0.2, 0.25) is 0 Å². The average molecular weight is 248 g/mol. The van der Waals surface area contributed by atoms with E-state index in [9.17, 15) is 0 Å². The predicted octanol–water partition coefficient (Wildman–Crippen LogP) is 2.61. The van der Waals surface area contributed by atoms with E-state index >= 15 is 0 Å².